The summed E-state index contributed by atoms with van der Waals surface area (Å²) < 4.78 is 10.3. The molecule has 1 amide bonds. The standard InChI is InChI=1S/C18H25N3O3/c1-13(2)11-19-12-16-10-17(21-24-16)18(22)20-9-8-14-4-6-15(23-3)7-5-14/h4-7,10,13,19H,8-9,11-12H2,1-3H3,(H,20,22). The van der Waals surface area contributed by atoms with E-state index in [0.717, 1.165) is 24.3 Å². The number of nitrogens with zero attached hydrogens (tertiary/aromatic N) is 1. The average molecular weight is 331 g/mol. The molecule has 6 heteroatoms. The van der Waals surface area contributed by atoms with Gasteiger partial charge in [-0.3, -0.25) is 4.79 Å². The minimum absolute atomic E-state index is 0.220. The van der Waals surface area contributed by atoms with Crippen LogP contribution in [-0.4, -0.2) is 31.3 Å². The van der Waals surface area contributed by atoms with Crippen molar-refractivity contribution in [2.75, 3.05) is 20.2 Å². The van der Waals surface area contributed by atoms with Crippen LogP contribution in [0.4, 0.5) is 0 Å². The molecule has 2 aromatic rings. The van der Waals surface area contributed by atoms with E-state index in [2.05, 4.69) is 29.6 Å². The molecule has 0 bridgehead atoms. The number of amides is 1. The maximum atomic E-state index is 12.1. The fourth-order valence-corrected chi connectivity index (χ4v) is 2.19. The Kier molecular flexibility index (Phi) is 6.81. The Morgan fingerprint density at radius 1 is 1.29 bits per heavy atom. The molecule has 0 saturated carbocycles. The topological polar surface area (TPSA) is 76.4 Å². The highest BCUT2D eigenvalue weighted by atomic mass is 16.5. The Labute approximate surface area is 142 Å². The first-order valence-electron chi connectivity index (χ1n) is 8.16. The molecule has 130 valence electrons. The summed E-state index contributed by atoms with van der Waals surface area (Å²) in [5.74, 6) is 1.83. The van der Waals surface area contributed by atoms with Gasteiger partial charge in [0, 0.05) is 12.6 Å². The molecule has 0 aliphatic carbocycles. The summed E-state index contributed by atoms with van der Waals surface area (Å²) in [6.45, 7) is 6.28. The van der Waals surface area contributed by atoms with Gasteiger partial charge in [0.15, 0.2) is 11.5 Å². The van der Waals surface area contributed by atoms with Gasteiger partial charge in [-0.2, -0.15) is 0 Å². The van der Waals surface area contributed by atoms with Crippen LogP contribution in [0.1, 0.15) is 35.7 Å². The number of methoxy groups -OCH3 is 1. The summed E-state index contributed by atoms with van der Waals surface area (Å²) in [4.78, 5) is 12.1. The van der Waals surface area contributed by atoms with E-state index in [9.17, 15) is 4.79 Å². The van der Waals surface area contributed by atoms with Crippen LogP contribution in [-0.2, 0) is 13.0 Å². The zero-order chi connectivity index (χ0) is 17.4. The number of carbonyl (C=O) groups is 1. The van der Waals surface area contributed by atoms with Gasteiger partial charge in [0.1, 0.15) is 5.75 Å². The lowest BCUT2D eigenvalue weighted by Crippen LogP contribution is -2.26. The lowest BCUT2D eigenvalue weighted by Gasteiger charge is -2.05. The summed E-state index contributed by atoms with van der Waals surface area (Å²) >= 11 is 0. The smallest absolute Gasteiger partial charge is 0.273 e. The molecule has 0 aliphatic rings. The number of ether oxygens (including phenoxy) is 1. The number of hydrogen-bond acceptors (Lipinski definition) is 5. The number of benzene rings is 1. The number of hydrogen-bond donors (Lipinski definition) is 2. The van der Waals surface area contributed by atoms with E-state index in [0.29, 0.717) is 30.5 Å². The van der Waals surface area contributed by atoms with E-state index in [1.54, 1.807) is 13.2 Å². The minimum atomic E-state index is -0.220. The van der Waals surface area contributed by atoms with Crippen LogP contribution < -0.4 is 15.4 Å². The zero-order valence-electron chi connectivity index (χ0n) is 14.5. The largest absolute Gasteiger partial charge is 0.497 e. The molecule has 6 nitrogen and oxygen atoms in total. The molecule has 2 rings (SSSR count). The van der Waals surface area contributed by atoms with E-state index in [-0.39, 0.29) is 5.91 Å². The van der Waals surface area contributed by atoms with E-state index in [1.165, 1.54) is 0 Å². The van der Waals surface area contributed by atoms with Crippen molar-refractivity contribution in [1.29, 1.82) is 0 Å². The van der Waals surface area contributed by atoms with Gasteiger partial charge < -0.3 is 19.9 Å². The van der Waals surface area contributed by atoms with Gasteiger partial charge in [-0.05, 0) is 36.6 Å². The first kappa shape index (κ1) is 18.0. The minimum Gasteiger partial charge on any atom is -0.497 e. The average Bonchev–Trinajstić information content (AvgIpc) is 3.04. The Balaban J connectivity index is 1.74. The summed E-state index contributed by atoms with van der Waals surface area (Å²) in [5, 5.41) is 9.92. The predicted octanol–water partition coefficient (Wildman–Crippen LogP) is 2.40. The number of rotatable bonds is 9. The second-order valence-electron chi connectivity index (χ2n) is 6.06. The zero-order valence-corrected chi connectivity index (χ0v) is 14.5. The maximum absolute atomic E-state index is 12.1. The highest BCUT2D eigenvalue weighted by Crippen LogP contribution is 2.11. The van der Waals surface area contributed by atoms with Gasteiger partial charge in [-0.1, -0.05) is 31.1 Å². The molecule has 0 saturated heterocycles. The molecule has 2 N–H and O–H groups in total. The molecule has 0 unspecified atom stereocenters. The van der Waals surface area contributed by atoms with Crippen LogP contribution in [0.5, 0.6) is 5.75 Å². The highest BCUT2D eigenvalue weighted by Gasteiger charge is 2.12. The molecule has 0 fully saturated rings. The predicted molar refractivity (Wildman–Crippen MR) is 92.1 cm³/mol. The highest BCUT2D eigenvalue weighted by molar-refractivity contribution is 5.92. The fraction of sp³-hybridized carbons (Fsp3) is 0.444. The van der Waals surface area contributed by atoms with Crippen LogP contribution in [0.25, 0.3) is 0 Å². The Morgan fingerprint density at radius 3 is 2.71 bits per heavy atom. The van der Waals surface area contributed by atoms with Crippen molar-refractivity contribution in [3.05, 3.63) is 47.3 Å². The molecule has 1 aromatic carbocycles. The second-order valence-corrected chi connectivity index (χ2v) is 6.06. The van der Waals surface area contributed by atoms with Crippen LogP contribution in [0, 0.1) is 5.92 Å². The first-order chi connectivity index (χ1) is 11.6. The van der Waals surface area contributed by atoms with Gasteiger partial charge >= 0.3 is 0 Å². The lowest BCUT2D eigenvalue weighted by atomic mass is 10.1. The molecular formula is C18H25N3O3. The van der Waals surface area contributed by atoms with Crippen molar-refractivity contribution in [3.63, 3.8) is 0 Å². The number of nitrogens with one attached hydrogen (secondary N) is 2. The van der Waals surface area contributed by atoms with Gasteiger partial charge in [0.2, 0.25) is 0 Å². The van der Waals surface area contributed by atoms with Crippen LogP contribution in [0.3, 0.4) is 0 Å². The number of carbonyl (C=O) groups excluding carboxylic acids is 1. The maximum Gasteiger partial charge on any atom is 0.273 e. The molecule has 0 atom stereocenters. The van der Waals surface area contributed by atoms with Crippen LogP contribution >= 0.6 is 0 Å². The number of aromatic nitrogens is 1. The molecule has 1 heterocycles. The van der Waals surface area contributed by atoms with E-state index >= 15 is 0 Å². The quantitative estimate of drug-likeness (QED) is 0.738. The SMILES string of the molecule is COc1ccc(CCNC(=O)c2cc(CNCC(C)C)on2)cc1. The van der Waals surface area contributed by atoms with E-state index < -0.39 is 0 Å². The third kappa shape index (κ3) is 5.70. The van der Waals surface area contributed by atoms with Gasteiger partial charge in [0.05, 0.1) is 13.7 Å². The summed E-state index contributed by atoms with van der Waals surface area (Å²) in [7, 11) is 1.64. The van der Waals surface area contributed by atoms with Crippen molar-refractivity contribution >= 4 is 5.91 Å². The molecule has 0 radical (unpaired) electrons. The van der Waals surface area contributed by atoms with Crippen molar-refractivity contribution < 1.29 is 14.1 Å². The molecule has 0 spiro atoms. The third-order valence-electron chi connectivity index (χ3n) is 3.50. The van der Waals surface area contributed by atoms with Crippen molar-refractivity contribution in [1.82, 2.24) is 15.8 Å². The molecule has 1 aromatic heterocycles. The Bertz CT molecular complexity index is 635. The third-order valence-corrected chi connectivity index (χ3v) is 3.50. The fourth-order valence-electron chi connectivity index (χ4n) is 2.19. The first-order valence-corrected chi connectivity index (χ1v) is 8.16. The molecule has 0 aliphatic heterocycles. The monoisotopic (exact) mass is 331 g/mol. The molecular weight excluding hydrogens is 306 g/mol. The lowest BCUT2D eigenvalue weighted by molar-refractivity contribution is 0.0945. The van der Waals surface area contributed by atoms with Crippen molar-refractivity contribution in [2.45, 2.75) is 26.8 Å². The van der Waals surface area contributed by atoms with Crippen molar-refractivity contribution in [3.8, 4) is 5.75 Å². The molecule has 24 heavy (non-hydrogen) atoms. The summed E-state index contributed by atoms with van der Waals surface area (Å²) in [6.07, 6.45) is 0.746. The van der Waals surface area contributed by atoms with Gasteiger partial charge in [0.25, 0.3) is 5.91 Å². The van der Waals surface area contributed by atoms with E-state index in [4.69, 9.17) is 9.26 Å². The normalized spacial score (nSPS) is 10.8. The van der Waals surface area contributed by atoms with Crippen LogP contribution in [0.15, 0.2) is 34.9 Å². The summed E-state index contributed by atoms with van der Waals surface area (Å²) in [6, 6.07) is 9.46. The van der Waals surface area contributed by atoms with Gasteiger partial charge in [-0.25, -0.2) is 0 Å². The van der Waals surface area contributed by atoms with E-state index in [1.807, 2.05) is 24.3 Å². The van der Waals surface area contributed by atoms with Crippen molar-refractivity contribution in [2.24, 2.45) is 5.92 Å². The van der Waals surface area contributed by atoms with Gasteiger partial charge in [-0.15, -0.1) is 0 Å². The Morgan fingerprint density at radius 2 is 2.04 bits per heavy atom. The summed E-state index contributed by atoms with van der Waals surface area (Å²) in [5.41, 5.74) is 1.45. The van der Waals surface area contributed by atoms with Crippen LogP contribution in [0.2, 0.25) is 0 Å². The Hall–Kier alpha value is -2.34. The second kappa shape index (κ2) is 9.08.